The van der Waals surface area contributed by atoms with Crippen LogP contribution in [0.3, 0.4) is 0 Å². The summed E-state index contributed by atoms with van der Waals surface area (Å²) in [5.74, 6) is 0. The highest BCUT2D eigenvalue weighted by Gasteiger charge is -0.142. The number of rotatable bonds is 0. The van der Waals surface area contributed by atoms with E-state index >= 15 is 0 Å². The smallest absolute Gasteiger partial charge is 0.147 e. The van der Waals surface area contributed by atoms with Gasteiger partial charge in [0.2, 0.25) is 0 Å². The molecule has 56 valence electrons. The third-order valence-corrected chi connectivity index (χ3v) is 0. The van der Waals surface area contributed by atoms with Gasteiger partial charge >= 0.3 is 0 Å². The quantitative estimate of drug-likeness (QED) is 0.640. The Hall–Kier alpha value is 1.84. The summed E-state index contributed by atoms with van der Waals surface area (Å²) in [6.45, 7) is 0. The highest BCUT2D eigenvalue weighted by molar-refractivity contribution is 6.92. The Morgan fingerprint density at radius 1 is 0.429 bits per heavy atom. The van der Waals surface area contributed by atoms with Crippen molar-refractivity contribution in [2.45, 2.75) is 0 Å². The van der Waals surface area contributed by atoms with Crippen LogP contribution < -0.4 is 6.15 Å². The first-order chi connectivity index (χ1) is 0. The zero-order chi connectivity index (χ0) is 0. The molecule has 1 nitrogen and oxygen atoms in total. The van der Waals surface area contributed by atoms with Crippen molar-refractivity contribution in [1.82, 2.24) is 6.15 Å². The summed E-state index contributed by atoms with van der Waals surface area (Å²) in [6.07, 6.45) is 0. The van der Waals surface area contributed by atoms with E-state index in [4.69, 9.17) is 0 Å². The Kier molecular flexibility index (Phi) is 2480. The lowest BCUT2D eigenvalue weighted by atomic mass is 14.0. The van der Waals surface area contributed by atoms with Gasteiger partial charge in [0, 0.05) is 0 Å². The Morgan fingerprint density at radius 2 is 0.429 bits per heavy atom. The summed E-state index contributed by atoms with van der Waals surface area (Å²) in [5, 5.41) is 0. The van der Waals surface area contributed by atoms with E-state index in [1.165, 1.54) is 0 Å². The van der Waals surface area contributed by atoms with Crippen molar-refractivity contribution >= 4 is 71.9 Å². The zero-order valence-electron chi connectivity index (χ0n) is 3.46. The molecule has 0 rings (SSSR count). The molecule has 0 heterocycles. The van der Waals surface area contributed by atoms with Gasteiger partial charge in [-0.05, 0) is 0 Å². The van der Waals surface area contributed by atoms with Crippen LogP contribution >= 0.6 is 71.9 Å². The van der Waals surface area contributed by atoms with E-state index in [1.54, 1.807) is 0 Å². The van der Waals surface area contributed by atoms with Crippen molar-refractivity contribution in [3.05, 3.63) is 0 Å². The minimum atomic E-state index is 0. The van der Waals surface area contributed by atoms with Gasteiger partial charge in [-0.25, -0.2) is 0 Å². The maximum Gasteiger partial charge on any atom is -0.147 e. The SMILES string of the molecule is Cl.Cl.Cl.Cl.Cl.N.P. The average molecular weight is 233 g/mol. The van der Waals surface area contributed by atoms with Crippen LogP contribution in [0, 0.1) is 0 Å². The van der Waals surface area contributed by atoms with Crippen LogP contribution in [0.15, 0.2) is 0 Å². The number of hydrogen-bond acceptors (Lipinski definition) is 1. The molecule has 0 aromatic carbocycles. The van der Waals surface area contributed by atoms with Crippen LogP contribution in [0.4, 0.5) is 0 Å². The molecule has 0 aromatic rings. The van der Waals surface area contributed by atoms with Gasteiger partial charge in [-0.3, -0.25) is 0 Å². The van der Waals surface area contributed by atoms with Gasteiger partial charge in [0.05, 0.1) is 0 Å². The van der Waals surface area contributed by atoms with Crippen LogP contribution in [-0.2, 0) is 0 Å². The lowest BCUT2D eigenvalue weighted by Gasteiger charge is -0.344. The fraction of sp³-hybridized carbons (Fsp3) is 0. The van der Waals surface area contributed by atoms with Gasteiger partial charge in [0.15, 0.2) is 0 Å². The molecule has 0 aliphatic carbocycles. The maximum atomic E-state index is 0. The van der Waals surface area contributed by atoms with Crippen LogP contribution in [0.5, 0.6) is 0 Å². The van der Waals surface area contributed by atoms with E-state index in [9.17, 15) is 0 Å². The molecular formula is H11Cl5NP. The van der Waals surface area contributed by atoms with Gasteiger partial charge in [0.1, 0.15) is 0 Å². The molecular weight excluding hydrogens is 222 g/mol. The van der Waals surface area contributed by atoms with Crippen LogP contribution in [0.1, 0.15) is 0 Å². The molecule has 0 aromatic heterocycles. The molecule has 0 bridgehead atoms. The highest BCUT2D eigenvalue weighted by atomic mass is 35.5. The van der Waals surface area contributed by atoms with Crippen LogP contribution in [-0.4, -0.2) is 0 Å². The van der Waals surface area contributed by atoms with Crippen molar-refractivity contribution in [3.8, 4) is 0 Å². The summed E-state index contributed by atoms with van der Waals surface area (Å²) in [7, 11) is 0. The standard InChI is InChI=1S/5ClH.H3N.H3P/h5*1H;2*1H3. The fourth-order valence-electron chi connectivity index (χ4n) is 0. The monoisotopic (exact) mass is 231 g/mol. The molecule has 0 aliphatic rings. The predicted molar refractivity (Wildman–Crippen MR) is 52.4 cm³/mol. The molecule has 3 N–H and O–H groups in total. The normalized spacial score (nSPS) is 0. The third-order valence-electron chi connectivity index (χ3n) is 0. The van der Waals surface area contributed by atoms with E-state index < -0.39 is 0 Å². The molecule has 0 saturated carbocycles. The predicted octanol–water partition coefficient (Wildman–Crippen LogP) is 2.33. The van der Waals surface area contributed by atoms with Crippen molar-refractivity contribution in [3.63, 3.8) is 0 Å². The Balaban J connectivity index is 0. The Morgan fingerprint density at radius 3 is 0.429 bits per heavy atom. The topological polar surface area (TPSA) is 35.0 Å². The average Bonchev–Trinajstić information content (AvgIpc) is 0. The molecule has 1 unspecified atom stereocenters. The van der Waals surface area contributed by atoms with Crippen molar-refractivity contribution in [2.24, 2.45) is 0 Å². The maximum absolute atomic E-state index is 0. The van der Waals surface area contributed by atoms with E-state index in [0.717, 1.165) is 0 Å². The molecule has 0 fully saturated rings. The largest absolute Gasteiger partial charge is 0.344 e. The lowest BCUT2D eigenvalue weighted by Crippen LogP contribution is -0.481. The molecule has 0 aliphatic heterocycles. The summed E-state index contributed by atoms with van der Waals surface area (Å²) in [5.41, 5.74) is 0. The Labute approximate surface area is 78.0 Å². The minimum absolute atomic E-state index is 0. The molecule has 1 atom stereocenters. The molecule has 7 heteroatoms. The van der Waals surface area contributed by atoms with Gasteiger partial charge in [-0.1, -0.05) is 0 Å². The summed E-state index contributed by atoms with van der Waals surface area (Å²) >= 11 is 0. The van der Waals surface area contributed by atoms with Crippen molar-refractivity contribution in [2.75, 3.05) is 0 Å². The van der Waals surface area contributed by atoms with Crippen LogP contribution in [0.2, 0.25) is 0 Å². The molecule has 7 heavy (non-hydrogen) atoms. The number of halogens is 5. The molecule has 0 spiro atoms. The number of hydrogen-bond donors (Lipinski definition) is 1. The lowest BCUT2D eigenvalue weighted by molar-refractivity contribution is 2.13. The molecule has 0 amide bonds. The van der Waals surface area contributed by atoms with Gasteiger partial charge in [-0.2, -0.15) is 9.90 Å². The van der Waals surface area contributed by atoms with Gasteiger partial charge in [-0.15, -0.1) is 62.0 Å². The van der Waals surface area contributed by atoms with Crippen molar-refractivity contribution in [1.29, 1.82) is 0 Å². The van der Waals surface area contributed by atoms with Crippen LogP contribution in [0.25, 0.3) is 0 Å². The zero-order valence-corrected chi connectivity index (χ0v) is 8.95. The van der Waals surface area contributed by atoms with Gasteiger partial charge < -0.3 is 6.15 Å². The minimum Gasteiger partial charge on any atom is -0.344 e. The first-order valence-electron chi connectivity index (χ1n) is 0. The Bertz CT molecular complexity index is 8.04. The van der Waals surface area contributed by atoms with E-state index in [-0.39, 0.29) is 78.1 Å². The second-order valence-electron chi connectivity index (χ2n) is 0. The third kappa shape index (κ3) is 79.0. The van der Waals surface area contributed by atoms with Gasteiger partial charge in [0.25, 0.3) is 0 Å². The second-order valence-corrected chi connectivity index (χ2v) is 0. The van der Waals surface area contributed by atoms with Crippen molar-refractivity contribution < 1.29 is 0 Å². The van der Waals surface area contributed by atoms with E-state index in [1.807, 2.05) is 0 Å². The first kappa shape index (κ1) is 160. The molecule has 0 radical (unpaired) electrons. The highest BCUT2D eigenvalue weighted by Crippen LogP contribution is 0.861. The second kappa shape index (κ2) is 108. The summed E-state index contributed by atoms with van der Waals surface area (Å²) in [4.78, 5) is 0. The fourth-order valence-corrected chi connectivity index (χ4v) is 0. The molecule has 0 saturated heterocycles. The summed E-state index contributed by atoms with van der Waals surface area (Å²) < 4.78 is 0. The van der Waals surface area contributed by atoms with E-state index in [2.05, 4.69) is 0 Å². The summed E-state index contributed by atoms with van der Waals surface area (Å²) in [6, 6.07) is 0. The first-order valence-corrected chi connectivity index (χ1v) is 0. The van der Waals surface area contributed by atoms with E-state index in [0.29, 0.717) is 0 Å².